The normalized spacial score (nSPS) is 20.8. The molecule has 0 spiro atoms. The molecule has 1 aliphatic heterocycles. The molecular formula is C24H39IN4O2. The molecule has 1 heterocycles. The summed E-state index contributed by atoms with van der Waals surface area (Å²) in [5.41, 5.74) is 1.21. The van der Waals surface area contributed by atoms with Crippen molar-refractivity contribution in [2.75, 3.05) is 33.3 Å². The van der Waals surface area contributed by atoms with E-state index in [-0.39, 0.29) is 42.0 Å². The van der Waals surface area contributed by atoms with Crippen LogP contribution in [0.1, 0.15) is 63.5 Å². The number of halogens is 1. The number of nitrogens with zero attached hydrogens (tertiary/aromatic N) is 2. The Morgan fingerprint density at radius 1 is 1.19 bits per heavy atom. The molecule has 2 fully saturated rings. The van der Waals surface area contributed by atoms with Crippen LogP contribution in [0.25, 0.3) is 0 Å². The van der Waals surface area contributed by atoms with Gasteiger partial charge in [0.05, 0.1) is 6.10 Å². The maximum Gasteiger partial charge on any atom is 0.225 e. The van der Waals surface area contributed by atoms with E-state index in [1.165, 1.54) is 24.8 Å². The number of ether oxygens (including phenoxy) is 1. The molecule has 7 heteroatoms. The summed E-state index contributed by atoms with van der Waals surface area (Å²) in [6.45, 7) is 5.23. The van der Waals surface area contributed by atoms with Crippen LogP contribution in [-0.4, -0.2) is 56.1 Å². The molecule has 1 amide bonds. The summed E-state index contributed by atoms with van der Waals surface area (Å²) >= 11 is 0. The molecule has 2 unspecified atom stereocenters. The minimum atomic E-state index is 0. The van der Waals surface area contributed by atoms with Gasteiger partial charge >= 0.3 is 0 Å². The average molecular weight is 543 g/mol. The zero-order chi connectivity index (χ0) is 21.2. The zero-order valence-corrected chi connectivity index (χ0v) is 21.3. The second kappa shape index (κ2) is 13.9. The third-order valence-electron chi connectivity index (χ3n) is 6.27. The van der Waals surface area contributed by atoms with E-state index in [0.29, 0.717) is 12.5 Å². The van der Waals surface area contributed by atoms with Crippen molar-refractivity contribution in [3.8, 4) is 0 Å². The van der Waals surface area contributed by atoms with Gasteiger partial charge in [-0.1, -0.05) is 49.6 Å². The highest BCUT2D eigenvalue weighted by Gasteiger charge is 2.31. The van der Waals surface area contributed by atoms with Crippen molar-refractivity contribution < 1.29 is 9.53 Å². The number of hydrogen-bond donors (Lipinski definition) is 2. The molecule has 0 aromatic heterocycles. The molecule has 1 saturated carbocycles. The molecule has 0 radical (unpaired) electrons. The highest BCUT2D eigenvalue weighted by molar-refractivity contribution is 14.0. The highest BCUT2D eigenvalue weighted by Crippen LogP contribution is 2.26. The van der Waals surface area contributed by atoms with Crippen molar-refractivity contribution in [1.29, 1.82) is 0 Å². The Bertz CT molecular complexity index is 679. The molecule has 6 nitrogen and oxygen atoms in total. The lowest BCUT2D eigenvalue weighted by molar-refractivity contribution is -0.135. The van der Waals surface area contributed by atoms with Crippen molar-refractivity contribution in [3.05, 3.63) is 35.9 Å². The van der Waals surface area contributed by atoms with Crippen LogP contribution >= 0.6 is 24.0 Å². The monoisotopic (exact) mass is 542 g/mol. The Hall–Kier alpha value is -1.35. The zero-order valence-electron chi connectivity index (χ0n) is 19.0. The van der Waals surface area contributed by atoms with Gasteiger partial charge in [-0.15, -0.1) is 24.0 Å². The van der Waals surface area contributed by atoms with Gasteiger partial charge in [0.2, 0.25) is 5.91 Å². The van der Waals surface area contributed by atoms with Gasteiger partial charge in [-0.25, -0.2) is 0 Å². The summed E-state index contributed by atoms with van der Waals surface area (Å²) in [6.07, 6.45) is 7.84. The van der Waals surface area contributed by atoms with Crippen molar-refractivity contribution in [2.45, 2.75) is 64.0 Å². The Morgan fingerprint density at radius 3 is 2.65 bits per heavy atom. The minimum absolute atomic E-state index is 0. The number of aliphatic imine (C=N–C) groups is 1. The third kappa shape index (κ3) is 8.25. The summed E-state index contributed by atoms with van der Waals surface area (Å²) in [5.74, 6) is 1.43. The molecule has 174 valence electrons. The van der Waals surface area contributed by atoms with E-state index < -0.39 is 0 Å². The summed E-state index contributed by atoms with van der Waals surface area (Å²) < 4.78 is 5.93. The van der Waals surface area contributed by atoms with Crippen LogP contribution in [0.3, 0.4) is 0 Å². The van der Waals surface area contributed by atoms with E-state index in [0.717, 1.165) is 51.3 Å². The first-order valence-electron chi connectivity index (χ1n) is 11.6. The van der Waals surface area contributed by atoms with Crippen LogP contribution in [0, 0.1) is 5.92 Å². The lowest BCUT2D eigenvalue weighted by Crippen LogP contribution is -2.45. The minimum Gasteiger partial charge on any atom is -0.374 e. The molecular weight excluding hydrogens is 503 g/mol. The van der Waals surface area contributed by atoms with Gasteiger partial charge in [0.25, 0.3) is 0 Å². The van der Waals surface area contributed by atoms with Gasteiger partial charge in [-0.05, 0) is 38.2 Å². The van der Waals surface area contributed by atoms with Gasteiger partial charge in [0.1, 0.15) is 0 Å². The van der Waals surface area contributed by atoms with Crippen molar-refractivity contribution in [3.63, 3.8) is 0 Å². The molecule has 1 aromatic rings. The Balaban J connectivity index is 0.00000341. The fraction of sp³-hybridized carbons (Fsp3) is 0.667. The topological polar surface area (TPSA) is 66.0 Å². The molecule has 3 rings (SSSR count). The van der Waals surface area contributed by atoms with Crippen molar-refractivity contribution >= 4 is 35.8 Å². The molecule has 31 heavy (non-hydrogen) atoms. The number of nitrogens with one attached hydrogen (secondary N) is 2. The lowest BCUT2D eigenvalue weighted by Gasteiger charge is -2.26. The van der Waals surface area contributed by atoms with Gasteiger partial charge in [-0.3, -0.25) is 9.79 Å². The van der Waals surface area contributed by atoms with E-state index in [2.05, 4.69) is 39.6 Å². The van der Waals surface area contributed by atoms with E-state index in [1.54, 1.807) is 7.05 Å². The van der Waals surface area contributed by atoms with E-state index in [1.807, 2.05) is 18.2 Å². The molecule has 1 aromatic carbocycles. The van der Waals surface area contributed by atoms with E-state index >= 15 is 0 Å². The molecule has 1 aliphatic carbocycles. The SMILES string of the molecule is CN=C(NCCCOC(C)c1ccccc1)NC1CCN(C(=O)C2CCCCC2)C1.I. The third-order valence-corrected chi connectivity index (χ3v) is 6.27. The largest absolute Gasteiger partial charge is 0.374 e. The van der Waals surface area contributed by atoms with E-state index in [9.17, 15) is 4.79 Å². The summed E-state index contributed by atoms with van der Waals surface area (Å²) in [5, 5.41) is 6.86. The van der Waals surface area contributed by atoms with Gasteiger partial charge in [-0.2, -0.15) is 0 Å². The molecule has 2 aliphatic rings. The van der Waals surface area contributed by atoms with Crippen LogP contribution < -0.4 is 10.6 Å². The Kier molecular flexibility index (Phi) is 11.6. The highest BCUT2D eigenvalue weighted by atomic mass is 127. The number of guanidine groups is 1. The number of benzene rings is 1. The molecule has 0 bridgehead atoms. The quantitative estimate of drug-likeness (QED) is 0.225. The summed E-state index contributed by atoms with van der Waals surface area (Å²) in [4.78, 5) is 19.1. The second-order valence-electron chi connectivity index (χ2n) is 8.53. The Morgan fingerprint density at radius 2 is 1.94 bits per heavy atom. The number of carbonyl (C=O) groups is 1. The fourth-order valence-electron chi connectivity index (χ4n) is 4.43. The molecule has 2 N–H and O–H groups in total. The number of rotatable bonds is 8. The average Bonchev–Trinajstić information content (AvgIpc) is 3.27. The number of hydrogen-bond acceptors (Lipinski definition) is 3. The molecule has 1 saturated heterocycles. The van der Waals surface area contributed by atoms with Gasteiger partial charge in [0.15, 0.2) is 5.96 Å². The first kappa shape index (κ1) is 25.9. The predicted molar refractivity (Wildman–Crippen MR) is 137 cm³/mol. The van der Waals surface area contributed by atoms with Crippen LogP contribution in [0.4, 0.5) is 0 Å². The first-order chi connectivity index (χ1) is 14.7. The van der Waals surface area contributed by atoms with Crippen molar-refractivity contribution in [1.82, 2.24) is 15.5 Å². The van der Waals surface area contributed by atoms with Crippen LogP contribution in [0.5, 0.6) is 0 Å². The lowest BCUT2D eigenvalue weighted by atomic mass is 9.88. The smallest absolute Gasteiger partial charge is 0.225 e. The predicted octanol–water partition coefficient (Wildman–Crippen LogP) is 4.12. The van der Waals surface area contributed by atoms with Crippen LogP contribution in [0.15, 0.2) is 35.3 Å². The van der Waals surface area contributed by atoms with Crippen LogP contribution in [-0.2, 0) is 9.53 Å². The number of likely N-dealkylation sites (tertiary alicyclic amines) is 1. The number of carbonyl (C=O) groups excluding carboxylic acids is 1. The maximum absolute atomic E-state index is 12.7. The van der Waals surface area contributed by atoms with Crippen LogP contribution in [0.2, 0.25) is 0 Å². The summed E-state index contributed by atoms with van der Waals surface area (Å²) in [6, 6.07) is 10.6. The maximum atomic E-state index is 12.7. The second-order valence-corrected chi connectivity index (χ2v) is 8.53. The van der Waals surface area contributed by atoms with Gasteiger partial charge in [0, 0.05) is 45.2 Å². The fourth-order valence-corrected chi connectivity index (χ4v) is 4.43. The van der Waals surface area contributed by atoms with Gasteiger partial charge < -0.3 is 20.3 Å². The summed E-state index contributed by atoms with van der Waals surface area (Å²) in [7, 11) is 1.79. The van der Waals surface area contributed by atoms with E-state index in [4.69, 9.17) is 4.74 Å². The van der Waals surface area contributed by atoms with Crippen molar-refractivity contribution in [2.24, 2.45) is 10.9 Å². The molecule has 2 atom stereocenters. The Labute approximate surface area is 204 Å². The first-order valence-corrected chi connectivity index (χ1v) is 11.6. The standard InChI is InChI=1S/C24H38N4O2.HI/c1-19(20-10-5-3-6-11-20)30-17-9-15-26-24(25-2)27-22-14-16-28(18-22)23(29)21-12-7-4-8-13-21;/h3,5-6,10-11,19,21-22H,4,7-9,12-18H2,1-2H3,(H2,25,26,27);1H. The number of amides is 1.